The Bertz CT molecular complexity index is 2570. The third-order valence-corrected chi connectivity index (χ3v) is 9.31. The molecule has 0 N–H and O–H groups in total. The third-order valence-electron chi connectivity index (χ3n) is 9.31. The van der Waals surface area contributed by atoms with Crippen molar-refractivity contribution in [3.63, 3.8) is 0 Å². The maximum Gasteiger partial charge on any atom is 0.111 e. The second-order valence-corrected chi connectivity index (χ2v) is 12.0. The number of benzene rings is 8. The number of hydrogen-bond acceptors (Lipinski definition) is 1. The van der Waals surface area contributed by atoms with Crippen LogP contribution >= 0.6 is 0 Å². The fraction of sp³-hybridized carbons (Fsp3) is 0.0227. The topological polar surface area (TPSA) is 17.8 Å². The van der Waals surface area contributed by atoms with E-state index in [1.807, 2.05) is 6.07 Å². The van der Waals surface area contributed by atoms with Crippen molar-refractivity contribution in [2.75, 3.05) is 0 Å². The molecule has 2 heteroatoms. The van der Waals surface area contributed by atoms with E-state index >= 15 is 0 Å². The van der Waals surface area contributed by atoms with Gasteiger partial charge in [-0.05, 0) is 109 Å². The summed E-state index contributed by atoms with van der Waals surface area (Å²) in [6.07, 6.45) is 0. The maximum atomic E-state index is 4.81. The maximum absolute atomic E-state index is 4.81. The monoisotopic (exact) mass is 586 g/mol. The highest BCUT2D eigenvalue weighted by Crippen LogP contribution is 2.45. The van der Waals surface area contributed by atoms with Crippen molar-refractivity contribution in [2.24, 2.45) is 0 Å². The number of aromatic nitrogens is 2. The minimum Gasteiger partial charge on any atom is -0.297 e. The van der Waals surface area contributed by atoms with Crippen LogP contribution in [0.4, 0.5) is 0 Å². The summed E-state index contributed by atoms with van der Waals surface area (Å²) in [4.78, 5) is 4.81. The van der Waals surface area contributed by atoms with Gasteiger partial charge in [-0.15, -0.1) is 0 Å². The molecule has 0 fully saturated rings. The molecule has 1 heterocycles. The molecule has 0 atom stereocenters. The predicted octanol–water partition coefficient (Wildman–Crippen LogP) is 11.8. The molecule has 0 radical (unpaired) electrons. The van der Waals surface area contributed by atoms with E-state index in [0.717, 1.165) is 22.5 Å². The Labute approximate surface area is 267 Å². The molecule has 0 aliphatic carbocycles. The van der Waals surface area contributed by atoms with Crippen LogP contribution in [0.2, 0.25) is 0 Å². The predicted molar refractivity (Wildman–Crippen MR) is 195 cm³/mol. The fourth-order valence-corrected chi connectivity index (χ4v) is 7.20. The van der Waals surface area contributed by atoms with E-state index in [1.165, 1.54) is 65.7 Å². The van der Waals surface area contributed by atoms with E-state index < -0.39 is 0 Å². The number of hydrogen-bond donors (Lipinski definition) is 0. The van der Waals surface area contributed by atoms with Gasteiger partial charge in [0.2, 0.25) is 0 Å². The normalized spacial score (nSPS) is 11.6. The Morgan fingerprint density at radius 2 is 1.02 bits per heavy atom. The van der Waals surface area contributed by atoms with Gasteiger partial charge in [0, 0.05) is 5.69 Å². The van der Waals surface area contributed by atoms with Crippen molar-refractivity contribution >= 4 is 43.4 Å². The number of imidazole rings is 1. The number of aryl methyl sites for hydroxylation is 1. The first-order valence-corrected chi connectivity index (χ1v) is 15.8. The minimum atomic E-state index is 0.984. The molecular formula is C44H30N2. The first-order valence-electron chi connectivity index (χ1n) is 15.8. The lowest BCUT2D eigenvalue weighted by molar-refractivity contribution is 1.00. The number of nitrogens with zero attached hydrogens (tertiary/aromatic N) is 2. The van der Waals surface area contributed by atoms with E-state index in [4.69, 9.17) is 4.98 Å². The Hall–Kier alpha value is -5.99. The molecule has 1 aromatic heterocycles. The molecule has 0 spiro atoms. The fourth-order valence-electron chi connectivity index (χ4n) is 7.20. The molecular weight excluding hydrogens is 556 g/mol. The van der Waals surface area contributed by atoms with Crippen LogP contribution in [0.15, 0.2) is 164 Å². The van der Waals surface area contributed by atoms with Crippen molar-refractivity contribution < 1.29 is 0 Å². The zero-order valence-corrected chi connectivity index (χ0v) is 25.5. The zero-order valence-electron chi connectivity index (χ0n) is 25.5. The summed E-state index contributed by atoms with van der Waals surface area (Å²) in [7, 11) is 0. The van der Waals surface area contributed by atoms with Gasteiger partial charge in [-0.25, -0.2) is 4.98 Å². The van der Waals surface area contributed by atoms with Gasteiger partial charge in [0.25, 0.3) is 0 Å². The molecule has 0 saturated carbocycles. The number of fused-ring (bicyclic) bond motifs is 4. The van der Waals surface area contributed by atoms with E-state index in [2.05, 4.69) is 169 Å². The van der Waals surface area contributed by atoms with Crippen LogP contribution in [0.1, 0.15) is 5.82 Å². The van der Waals surface area contributed by atoms with Gasteiger partial charge in [0.15, 0.2) is 0 Å². The minimum absolute atomic E-state index is 0.984. The van der Waals surface area contributed by atoms with Crippen molar-refractivity contribution in [2.45, 2.75) is 6.92 Å². The molecule has 0 saturated heterocycles. The van der Waals surface area contributed by atoms with Gasteiger partial charge in [-0.2, -0.15) is 0 Å². The van der Waals surface area contributed by atoms with Crippen LogP contribution in [0, 0.1) is 6.92 Å². The highest BCUT2D eigenvalue weighted by atomic mass is 15.1. The van der Waals surface area contributed by atoms with Crippen LogP contribution in [0.25, 0.3) is 82.4 Å². The summed E-state index contributed by atoms with van der Waals surface area (Å²) in [5.74, 6) is 0.984. The van der Waals surface area contributed by atoms with Gasteiger partial charge < -0.3 is 0 Å². The van der Waals surface area contributed by atoms with Gasteiger partial charge in [-0.1, -0.05) is 127 Å². The Balaban J connectivity index is 1.32. The smallest absolute Gasteiger partial charge is 0.111 e. The van der Waals surface area contributed by atoms with Crippen molar-refractivity contribution in [3.05, 3.63) is 170 Å². The average Bonchev–Trinajstić information content (AvgIpc) is 3.46. The molecule has 0 aliphatic rings. The van der Waals surface area contributed by atoms with Crippen molar-refractivity contribution in [1.82, 2.24) is 9.55 Å². The van der Waals surface area contributed by atoms with Crippen molar-refractivity contribution in [3.8, 4) is 39.1 Å². The zero-order chi connectivity index (χ0) is 30.6. The van der Waals surface area contributed by atoms with E-state index in [9.17, 15) is 0 Å². The molecule has 9 aromatic rings. The second-order valence-electron chi connectivity index (χ2n) is 12.0. The lowest BCUT2D eigenvalue weighted by atomic mass is 9.84. The molecule has 0 aliphatic heterocycles. The van der Waals surface area contributed by atoms with Crippen LogP contribution in [-0.2, 0) is 0 Å². The Morgan fingerprint density at radius 3 is 1.83 bits per heavy atom. The van der Waals surface area contributed by atoms with Gasteiger partial charge >= 0.3 is 0 Å². The summed E-state index contributed by atoms with van der Waals surface area (Å²) in [6.45, 7) is 2.07. The molecule has 216 valence electrons. The Kier molecular flexibility index (Phi) is 6.07. The first kappa shape index (κ1) is 26.4. The average molecular weight is 587 g/mol. The summed E-state index contributed by atoms with van der Waals surface area (Å²) < 4.78 is 2.24. The lowest BCUT2D eigenvalue weighted by Gasteiger charge is -2.19. The molecule has 8 aromatic carbocycles. The van der Waals surface area contributed by atoms with Crippen LogP contribution < -0.4 is 0 Å². The number of rotatable bonds is 4. The van der Waals surface area contributed by atoms with Crippen LogP contribution in [-0.4, -0.2) is 9.55 Å². The molecule has 0 amide bonds. The SMILES string of the molecule is Cc1nc2ccccc2n1-c1ccc(-c2c3ccccc3c(-c3ccc4ccccc4c3)c3cc(-c4ccccc4)ccc23)cc1. The largest absolute Gasteiger partial charge is 0.297 e. The number of para-hydroxylation sites is 2. The highest BCUT2D eigenvalue weighted by Gasteiger charge is 2.18. The summed E-state index contributed by atoms with van der Waals surface area (Å²) >= 11 is 0. The van der Waals surface area contributed by atoms with Crippen LogP contribution in [0.5, 0.6) is 0 Å². The molecule has 46 heavy (non-hydrogen) atoms. The molecule has 9 rings (SSSR count). The quantitative estimate of drug-likeness (QED) is 0.188. The van der Waals surface area contributed by atoms with Crippen LogP contribution in [0.3, 0.4) is 0 Å². The third kappa shape index (κ3) is 4.22. The Morgan fingerprint density at radius 1 is 0.413 bits per heavy atom. The van der Waals surface area contributed by atoms with Crippen molar-refractivity contribution in [1.29, 1.82) is 0 Å². The molecule has 2 nitrogen and oxygen atoms in total. The first-order chi connectivity index (χ1) is 22.7. The molecule has 0 bridgehead atoms. The van der Waals surface area contributed by atoms with E-state index in [-0.39, 0.29) is 0 Å². The summed E-state index contributed by atoms with van der Waals surface area (Å²) in [6, 6.07) is 59.4. The van der Waals surface area contributed by atoms with Gasteiger partial charge in [0.05, 0.1) is 11.0 Å². The van der Waals surface area contributed by atoms with E-state index in [0.29, 0.717) is 0 Å². The summed E-state index contributed by atoms with van der Waals surface area (Å²) in [5, 5.41) is 7.51. The molecule has 0 unspecified atom stereocenters. The van der Waals surface area contributed by atoms with E-state index in [1.54, 1.807) is 0 Å². The lowest BCUT2D eigenvalue weighted by Crippen LogP contribution is -1.97. The van der Waals surface area contributed by atoms with Gasteiger partial charge in [0.1, 0.15) is 5.82 Å². The standard InChI is InChI=1S/C44H30N2/c1-29-45-41-17-9-10-18-42(41)46(29)36-24-21-32(22-25-36)43-37-15-7-8-16-38(37)44(35-20-19-31-13-5-6-14-33(31)27-35)40-28-34(23-26-39(40)43)30-11-3-2-4-12-30/h2-28H,1H3. The highest BCUT2D eigenvalue weighted by molar-refractivity contribution is 6.22. The van der Waals surface area contributed by atoms with Gasteiger partial charge in [-0.3, -0.25) is 4.57 Å². The summed E-state index contributed by atoms with van der Waals surface area (Å²) in [5.41, 5.74) is 10.6. The second kappa shape index (κ2) is 10.6.